The minimum atomic E-state index is -3.61. The molecule has 0 aliphatic carbocycles. The maximum absolute atomic E-state index is 12.3. The SMILES string of the molecule is CCOCCCNS(=O)(=O)c1ccc(-n2cnnn2)c(OC)c1. The van der Waals surface area contributed by atoms with Gasteiger partial charge in [-0.05, 0) is 35.9 Å². The molecule has 0 aliphatic rings. The molecule has 2 rings (SSSR count). The highest BCUT2D eigenvalue weighted by atomic mass is 32.2. The molecule has 0 aliphatic heterocycles. The van der Waals surface area contributed by atoms with Crippen LogP contribution in [0.2, 0.25) is 0 Å². The van der Waals surface area contributed by atoms with E-state index in [1.165, 1.54) is 30.3 Å². The number of sulfonamides is 1. The van der Waals surface area contributed by atoms with E-state index in [-0.39, 0.29) is 4.90 Å². The Hall–Kier alpha value is -2.04. The monoisotopic (exact) mass is 341 g/mol. The van der Waals surface area contributed by atoms with Crippen molar-refractivity contribution in [2.24, 2.45) is 0 Å². The molecule has 1 aromatic heterocycles. The molecular weight excluding hydrogens is 322 g/mol. The third kappa shape index (κ3) is 4.47. The van der Waals surface area contributed by atoms with E-state index in [0.717, 1.165) is 0 Å². The Morgan fingerprint density at radius 3 is 2.83 bits per heavy atom. The second kappa shape index (κ2) is 7.99. The summed E-state index contributed by atoms with van der Waals surface area (Å²) in [5, 5.41) is 10.9. The van der Waals surface area contributed by atoms with E-state index >= 15 is 0 Å². The largest absolute Gasteiger partial charge is 0.494 e. The predicted octanol–water partition coefficient (Wildman–Crippen LogP) is 0.376. The first kappa shape index (κ1) is 17.3. The smallest absolute Gasteiger partial charge is 0.240 e. The minimum Gasteiger partial charge on any atom is -0.494 e. The fraction of sp³-hybridized carbons (Fsp3) is 0.462. The maximum atomic E-state index is 12.3. The number of ether oxygens (including phenoxy) is 2. The predicted molar refractivity (Wildman–Crippen MR) is 82.0 cm³/mol. The number of hydrogen-bond donors (Lipinski definition) is 1. The molecule has 0 atom stereocenters. The number of methoxy groups -OCH3 is 1. The van der Waals surface area contributed by atoms with E-state index < -0.39 is 10.0 Å². The van der Waals surface area contributed by atoms with Crippen molar-refractivity contribution >= 4 is 10.0 Å². The number of nitrogens with one attached hydrogen (secondary N) is 1. The van der Waals surface area contributed by atoms with Crippen LogP contribution in [-0.4, -0.2) is 55.5 Å². The lowest BCUT2D eigenvalue weighted by Gasteiger charge is -2.11. The van der Waals surface area contributed by atoms with Gasteiger partial charge in [-0.15, -0.1) is 5.10 Å². The zero-order valence-corrected chi connectivity index (χ0v) is 13.8. The molecule has 23 heavy (non-hydrogen) atoms. The average Bonchev–Trinajstić information content (AvgIpc) is 3.08. The summed E-state index contributed by atoms with van der Waals surface area (Å²) in [6, 6.07) is 4.50. The Morgan fingerprint density at radius 2 is 2.17 bits per heavy atom. The van der Waals surface area contributed by atoms with Gasteiger partial charge in [0, 0.05) is 25.8 Å². The lowest BCUT2D eigenvalue weighted by molar-refractivity contribution is 0.146. The summed E-state index contributed by atoms with van der Waals surface area (Å²) in [5.74, 6) is 0.356. The average molecular weight is 341 g/mol. The summed E-state index contributed by atoms with van der Waals surface area (Å²) >= 11 is 0. The zero-order chi connectivity index (χ0) is 16.7. The van der Waals surface area contributed by atoms with Gasteiger partial charge >= 0.3 is 0 Å². The van der Waals surface area contributed by atoms with Crippen LogP contribution in [-0.2, 0) is 14.8 Å². The summed E-state index contributed by atoms with van der Waals surface area (Å²) in [4.78, 5) is 0.114. The van der Waals surface area contributed by atoms with Crippen molar-refractivity contribution in [1.29, 1.82) is 0 Å². The lowest BCUT2D eigenvalue weighted by atomic mass is 10.3. The van der Waals surface area contributed by atoms with Gasteiger partial charge in [0.15, 0.2) is 0 Å². The number of tetrazole rings is 1. The van der Waals surface area contributed by atoms with E-state index in [1.807, 2.05) is 6.92 Å². The van der Waals surface area contributed by atoms with Crippen molar-refractivity contribution in [3.8, 4) is 11.4 Å². The number of benzene rings is 1. The van der Waals surface area contributed by atoms with Crippen LogP contribution in [0.4, 0.5) is 0 Å². The van der Waals surface area contributed by atoms with Crippen molar-refractivity contribution in [3.63, 3.8) is 0 Å². The molecule has 0 unspecified atom stereocenters. The number of nitrogens with zero attached hydrogens (tertiary/aromatic N) is 4. The maximum Gasteiger partial charge on any atom is 0.240 e. The van der Waals surface area contributed by atoms with Gasteiger partial charge in [-0.3, -0.25) is 0 Å². The van der Waals surface area contributed by atoms with Crippen molar-refractivity contribution in [2.45, 2.75) is 18.2 Å². The lowest BCUT2D eigenvalue weighted by Crippen LogP contribution is -2.25. The van der Waals surface area contributed by atoms with Crippen molar-refractivity contribution in [2.75, 3.05) is 26.9 Å². The molecule has 0 spiro atoms. The first-order valence-corrected chi connectivity index (χ1v) is 8.55. The fourth-order valence-corrected chi connectivity index (χ4v) is 2.98. The van der Waals surface area contributed by atoms with Gasteiger partial charge in [0.05, 0.1) is 12.0 Å². The first-order valence-electron chi connectivity index (χ1n) is 7.07. The first-order chi connectivity index (χ1) is 11.1. The van der Waals surface area contributed by atoms with Gasteiger partial charge in [-0.1, -0.05) is 0 Å². The molecule has 2 aromatic rings. The number of hydrogen-bond acceptors (Lipinski definition) is 7. The summed E-state index contributed by atoms with van der Waals surface area (Å²) in [6.07, 6.45) is 2.00. The second-order valence-corrected chi connectivity index (χ2v) is 6.30. The minimum absolute atomic E-state index is 0.114. The van der Waals surface area contributed by atoms with E-state index in [0.29, 0.717) is 37.6 Å². The highest BCUT2D eigenvalue weighted by Crippen LogP contribution is 2.25. The quantitative estimate of drug-likeness (QED) is 0.657. The van der Waals surface area contributed by atoms with Crippen LogP contribution < -0.4 is 9.46 Å². The molecular formula is C13H19N5O4S. The van der Waals surface area contributed by atoms with Crippen molar-refractivity contribution in [1.82, 2.24) is 24.9 Å². The third-order valence-corrected chi connectivity index (χ3v) is 4.48. The molecule has 1 N–H and O–H groups in total. The molecule has 10 heteroatoms. The number of aromatic nitrogens is 4. The normalized spacial score (nSPS) is 11.6. The van der Waals surface area contributed by atoms with E-state index in [4.69, 9.17) is 9.47 Å². The molecule has 0 saturated heterocycles. The second-order valence-electron chi connectivity index (χ2n) is 4.54. The molecule has 0 bridgehead atoms. The Balaban J connectivity index is 2.13. The van der Waals surface area contributed by atoms with Gasteiger partial charge in [-0.2, -0.15) is 4.68 Å². The summed E-state index contributed by atoms with van der Waals surface area (Å²) in [7, 11) is -2.16. The van der Waals surface area contributed by atoms with Crippen LogP contribution in [0.5, 0.6) is 5.75 Å². The van der Waals surface area contributed by atoms with Crippen molar-refractivity contribution in [3.05, 3.63) is 24.5 Å². The van der Waals surface area contributed by atoms with E-state index in [2.05, 4.69) is 20.2 Å². The Morgan fingerprint density at radius 1 is 1.35 bits per heavy atom. The highest BCUT2D eigenvalue weighted by Gasteiger charge is 2.17. The van der Waals surface area contributed by atoms with Crippen LogP contribution in [0.25, 0.3) is 5.69 Å². The van der Waals surface area contributed by atoms with Crippen LogP contribution in [0.15, 0.2) is 29.4 Å². The Kier molecular flexibility index (Phi) is 6.02. The van der Waals surface area contributed by atoms with Gasteiger partial charge in [0.2, 0.25) is 10.0 Å². The molecule has 0 amide bonds. The molecule has 0 fully saturated rings. The standard InChI is InChI=1S/C13H19N5O4S/c1-3-22-8-4-7-15-23(19,20)11-5-6-12(13(9-11)21-2)18-10-14-16-17-18/h5-6,9-10,15H,3-4,7-8H2,1-2H3. The van der Waals surface area contributed by atoms with Gasteiger partial charge in [0.25, 0.3) is 0 Å². The molecule has 1 aromatic carbocycles. The Bertz CT molecular complexity index is 718. The topological polar surface area (TPSA) is 108 Å². The van der Waals surface area contributed by atoms with Crippen LogP contribution in [0.3, 0.4) is 0 Å². The van der Waals surface area contributed by atoms with Gasteiger partial charge in [0.1, 0.15) is 17.8 Å². The molecule has 0 saturated carbocycles. The Labute approximate surface area is 134 Å². The van der Waals surface area contributed by atoms with Crippen LogP contribution in [0, 0.1) is 0 Å². The van der Waals surface area contributed by atoms with Crippen LogP contribution in [0.1, 0.15) is 13.3 Å². The highest BCUT2D eigenvalue weighted by molar-refractivity contribution is 7.89. The van der Waals surface area contributed by atoms with Gasteiger partial charge < -0.3 is 9.47 Å². The molecule has 0 radical (unpaired) electrons. The third-order valence-electron chi connectivity index (χ3n) is 3.02. The molecule has 9 nitrogen and oxygen atoms in total. The van der Waals surface area contributed by atoms with E-state index in [1.54, 1.807) is 6.07 Å². The van der Waals surface area contributed by atoms with Crippen molar-refractivity contribution < 1.29 is 17.9 Å². The zero-order valence-electron chi connectivity index (χ0n) is 13.0. The fourth-order valence-electron chi connectivity index (χ4n) is 1.89. The van der Waals surface area contributed by atoms with E-state index in [9.17, 15) is 8.42 Å². The van der Waals surface area contributed by atoms with Crippen LogP contribution >= 0.6 is 0 Å². The molecule has 126 valence electrons. The summed E-state index contributed by atoms with van der Waals surface area (Å²) < 4.78 is 38.9. The summed E-state index contributed by atoms with van der Waals surface area (Å²) in [6.45, 7) is 3.32. The molecule has 1 heterocycles. The van der Waals surface area contributed by atoms with Gasteiger partial charge in [-0.25, -0.2) is 13.1 Å². The summed E-state index contributed by atoms with van der Waals surface area (Å²) in [5.41, 5.74) is 0.549. The number of rotatable bonds is 9.